The molecule has 1 rings (SSSR count). The van der Waals surface area contributed by atoms with Crippen LogP contribution in [0, 0.1) is 0 Å². The second-order valence-electron chi connectivity index (χ2n) is 5.63. The highest BCUT2D eigenvalue weighted by Crippen LogP contribution is 2.15. The molecular formula is C16H27N3O3. The van der Waals surface area contributed by atoms with Crippen LogP contribution < -0.4 is 10.6 Å². The number of ketones is 1. The van der Waals surface area contributed by atoms with Crippen LogP contribution in [-0.2, 0) is 14.4 Å². The Morgan fingerprint density at radius 2 is 2.09 bits per heavy atom. The Balaban J connectivity index is 2.61. The van der Waals surface area contributed by atoms with E-state index < -0.39 is 17.7 Å². The molecule has 6 nitrogen and oxygen atoms in total. The predicted octanol–water partition coefficient (Wildman–Crippen LogP) is 0.627. The largest absolute Gasteiger partial charge is 0.346 e. The SMILES string of the molecule is C/C=C\CNC(=O)C(=O)C(CCC)NC(=O)C1CCCN1C. The van der Waals surface area contributed by atoms with Crippen molar-refractivity contribution in [3.8, 4) is 0 Å². The highest BCUT2D eigenvalue weighted by atomic mass is 16.2. The van der Waals surface area contributed by atoms with Gasteiger partial charge in [0.2, 0.25) is 11.7 Å². The summed E-state index contributed by atoms with van der Waals surface area (Å²) in [6, 6.07) is -0.935. The first-order valence-corrected chi connectivity index (χ1v) is 7.95. The fraction of sp³-hybridized carbons (Fsp3) is 0.688. The van der Waals surface area contributed by atoms with Crippen LogP contribution >= 0.6 is 0 Å². The minimum absolute atomic E-state index is 0.159. The lowest BCUT2D eigenvalue weighted by Crippen LogP contribution is -2.51. The van der Waals surface area contributed by atoms with Crippen molar-refractivity contribution in [3.63, 3.8) is 0 Å². The van der Waals surface area contributed by atoms with Crippen LogP contribution in [0.3, 0.4) is 0 Å². The van der Waals surface area contributed by atoms with Gasteiger partial charge in [-0.1, -0.05) is 25.5 Å². The maximum absolute atomic E-state index is 12.3. The van der Waals surface area contributed by atoms with Crippen molar-refractivity contribution in [1.29, 1.82) is 0 Å². The average molecular weight is 309 g/mol. The Labute approximate surface area is 132 Å². The van der Waals surface area contributed by atoms with E-state index in [1.165, 1.54) is 0 Å². The predicted molar refractivity (Wildman–Crippen MR) is 85.3 cm³/mol. The van der Waals surface area contributed by atoms with Crippen molar-refractivity contribution >= 4 is 17.6 Å². The Bertz CT molecular complexity index is 434. The zero-order valence-corrected chi connectivity index (χ0v) is 13.7. The lowest BCUT2D eigenvalue weighted by Gasteiger charge is -2.22. The van der Waals surface area contributed by atoms with Crippen LogP contribution in [0.2, 0.25) is 0 Å². The maximum Gasteiger partial charge on any atom is 0.289 e. The number of amides is 2. The Kier molecular flexibility index (Phi) is 7.80. The van der Waals surface area contributed by atoms with Gasteiger partial charge >= 0.3 is 0 Å². The van der Waals surface area contributed by atoms with Crippen LogP contribution in [0.15, 0.2) is 12.2 Å². The number of hydrogen-bond donors (Lipinski definition) is 2. The summed E-state index contributed by atoms with van der Waals surface area (Å²) in [6.07, 6.45) is 6.52. The van der Waals surface area contributed by atoms with Gasteiger partial charge in [0.1, 0.15) is 0 Å². The highest BCUT2D eigenvalue weighted by Gasteiger charge is 2.32. The van der Waals surface area contributed by atoms with Crippen molar-refractivity contribution in [2.45, 2.75) is 51.6 Å². The molecule has 0 aliphatic carbocycles. The third kappa shape index (κ3) is 5.26. The normalized spacial score (nSPS) is 20.0. The second-order valence-corrected chi connectivity index (χ2v) is 5.63. The molecule has 6 heteroatoms. The van der Waals surface area contributed by atoms with E-state index in [1.54, 1.807) is 12.2 Å². The number of carbonyl (C=O) groups is 3. The summed E-state index contributed by atoms with van der Waals surface area (Å²) in [7, 11) is 1.90. The van der Waals surface area contributed by atoms with Crippen molar-refractivity contribution in [2.75, 3.05) is 20.1 Å². The molecule has 2 unspecified atom stereocenters. The fourth-order valence-corrected chi connectivity index (χ4v) is 2.58. The molecule has 1 heterocycles. The first-order valence-electron chi connectivity index (χ1n) is 7.95. The monoisotopic (exact) mass is 309 g/mol. The summed E-state index contributed by atoms with van der Waals surface area (Å²) in [6.45, 7) is 4.96. The molecule has 0 aromatic rings. The van der Waals surface area contributed by atoms with Gasteiger partial charge in [-0.05, 0) is 39.8 Å². The van der Waals surface area contributed by atoms with Crippen molar-refractivity contribution < 1.29 is 14.4 Å². The third-order valence-electron chi connectivity index (χ3n) is 3.87. The molecular weight excluding hydrogens is 282 g/mol. The minimum Gasteiger partial charge on any atom is -0.346 e. The molecule has 2 atom stereocenters. The number of likely N-dealkylation sites (N-methyl/N-ethyl adjacent to an activating group) is 1. The number of Topliss-reactive ketones (excluding diaryl/α,β-unsaturated/α-hetero) is 1. The molecule has 2 amide bonds. The molecule has 0 radical (unpaired) electrons. The smallest absolute Gasteiger partial charge is 0.289 e. The lowest BCUT2D eigenvalue weighted by molar-refractivity contribution is -0.140. The quantitative estimate of drug-likeness (QED) is 0.509. The third-order valence-corrected chi connectivity index (χ3v) is 3.87. The summed E-state index contributed by atoms with van der Waals surface area (Å²) in [5.74, 6) is -1.37. The topological polar surface area (TPSA) is 78.5 Å². The standard InChI is InChI=1S/C16H27N3O3/c1-4-6-10-17-16(22)14(20)12(8-5-2)18-15(21)13-9-7-11-19(13)3/h4,6,12-13H,5,7-11H2,1-3H3,(H,17,22)(H,18,21)/b6-4-. The van der Waals surface area contributed by atoms with Crippen molar-refractivity contribution in [2.24, 2.45) is 0 Å². The van der Waals surface area contributed by atoms with E-state index in [1.807, 2.05) is 25.8 Å². The lowest BCUT2D eigenvalue weighted by atomic mass is 10.1. The van der Waals surface area contributed by atoms with Gasteiger partial charge < -0.3 is 10.6 Å². The van der Waals surface area contributed by atoms with E-state index in [-0.39, 0.29) is 11.9 Å². The molecule has 0 aromatic heterocycles. The van der Waals surface area contributed by atoms with E-state index in [2.05, 4.69) is 10.6 Å². The van der Waals surface area contributed by atoms with E-state index in [0.717, 1.165) is 25.8 Å². The van der Waals surface area contributed by atoms with E-state index in [9.17, 15) is 14.4 Å². The number of hydrogen-bond acceptors (Lipinski definition) is 4. The molecule has 1 saturated heterocycles. The summed E-state index contributed by atoms with van der Waals surface area (Å²) in [4.78, 5) is 38.3. The Morgan fingerprint density at radius 3 is 2.64 bits per heavy atom. The minimum atomic E-state index is -0.739. The Hall–Kier alpha value is -1.69. The van der Waals surface area contributed by atoms with Gasteiger partial charge in [0.05, 0.1) is 12.1 Å². The number of likely N-dealkylation sites (tertiary alicyclic amines) is 1. The zero-order valence-electron chi connectivity index (χ0n) is 13.7. The Morgan fingerprint density at radius 1 is 1.36 bits per heavy atom. The van der Waals surface area contributed by atoms with E-state index in [0.29, 0.717) is 13.0 Å². The van der Waals surface area contributed by atoms with Gasteiger partial charge in [-0.25, -0.2) is 0 Å². The number of nitrogens with one attached hydrogen (secondary N) is 2. The fourth-order valence-electron chi connectivity index (χ4n) is 2.58. The number of rotatable bonds is 8. The average Bonchev–Trinajstić information content (AvgIpc) is 2.92. The van der Waals surface area contributed by atoms with Gasteiger partial charge in [-0.15, -0.1) is 0 Å². The number of carbonyl (C=O) groups excluding carboxylic acids is 3. The molecule has 0 spiro atoms. The van der Waals surface area contributed by atoms with Crippen LogP contribution in [0.4, 0.5) is 0 Å². The molecule has 124 valence electrons. The van der Waals surface area contributed by atoms with Gasteiger partial charge in [-0.3, -0.25) is 19.3 Å². The summed E-state index contributed by atoms with van der Waals surface area (Å²) >= 11 is 0. The molecule has 22 heavy (non-hydrogen) atoms. The molecule has 1 aliphatic rings. The van der Waals surface area contributed by atoms with Crippen molar-refractivity contribution in [1.82, 2.24) is 15.5 Å². The highest BCUT2D eigenvalue weighted by molar-refractivity contribution is 6.38. The van der Waals surface area contributed by atoms with Gasteiger partial charge in [0.25, 0.3) is 5.91 Å². The summed E-state index contributed by atoms with van der Waals surface area (Å²) in [5.41, 5.74) is 0. The van der Waals surface area contributed by atoms with E-state index >= 15 is 0 Å². The van der Waals surface area contributed by atoms with Crippen molar-refractivity contribution in [3.05, 3.63) is 12.2 Å². The first kappa shape index (κ1) is 18.4. The van der Waals surface area contributed by atoms with Crippen LogP contribution in [-0.4, -0.2) is 54.7 Å². The molecule has 1 fully saturated rings. The second kappa shape index (κ2) is 9.35. The number of nitrogens with zero attached hydrogens (tertiary/aromatic N) is 1. The maximum atomic E-state index is 12.3. The molecule has 1 aliphatic heterocycles. The van der Waals surface area contributed by atoms with Crippen LogP contribution in [0.25, 0.3) is 0 Å². The van der Waals surface area contributed by atoms with E-state index in [4.69, 9.17) is 0 Å². The molecule has 0 bridgehead atoms. The van der Waals surface area contributed by atoms with Crippen LogP contribution in [0.5, 0.6) is 0 Å². The number of allylic oxidation sites excluding steroid dienone is 1. The summed E-state index contributed by atoms with van der Waals surface area (Å²) in [5, 5.41) is 5.29. The molecule has 2 N–H and O–H groups in total. The zero-order chi connectivity index (χ0) is 16.5. The van der Waals surface area contributed by atoms with Gasteiger partial charge in [-0.2, -0.15) is 0 Å². The first-order chi connectivity index (χ1) is 10.5. The van der Waals surface area contributed by atoms with Gasteiger partial charge in [0, 0.05) is 6.54 Å². The summed E-state index contributed by atoms with van der Waals surface area (Å²) < 4.78 is 0. The van der Waals surface area contributed by atoms with Gasteiger partial charge in [0.15, 0.2) is 0 Å². The molecule has 0 aromatic carbocycles. The molecule has 0 saturated carbocycles. The van der Waals surface area contributed by atoms with Crippen LogP contribution in [0.1, 0.15) is 39.5 Å².